The van der Waals surface area contributed by atoms with Crippen molar-refractivity contribution >= 4 is 28.8 Å². The van der Waals surface area contributed by atoms with Gasteiger partial charge in [-0.2, -0.15) is 4.68 Å². The highest BCUT2D eigenvalue weighted by Gasteiger charge is 2.21. The SMILES string of the molecule is O=C(CCn1nc(-c2cccs2)oc1=O)NCc1ccc(N2CCCC2=O)cc1. The Balaban J connectivity index is 1.27. The molecule has 1 aromatic carbocycles. The second kappa shape index (κ2) is 8.44. The van der Waals surface area contributed by atoms with E-state index in [1.807, 2.05) is 41.8 Å². The monoisotopic (exact) mass is 412 g/mol. The van der Waals surface area contributed by atoms with Gasteiger partial charge in [0.15, 0.2) is 0 Å². The number of carbonyl (C=O) groups excluding carboxylic acids is 2. The molecule has 0 atom stereocenters. The summed E-state index contributed by atoms with van der Waals surface area (Å²) in [7, 11) is 0. The van der Waals surface area contributed by atoms with Gasteiger partial charge in [-0.1, -0.05) is 18.2 Å². The first-order valence-corrected chi connectivity index (χ1v) is 10.3. The highest BCUT2D eigenvalue weighted by molar-refractivity contribution is 7.13. The van der Waals surface area contributed by atoms with Crippen LogP contribution in [0.2, 0.25) is 0 Å². The summed E-state index contributed by atoms with van der Waals surface area (Å²) >= 11 is 1.43. The van der Waals surface area contributed by atoms with Gasteiger partial charge in [-0.05, 0) is 35.6 Å². The van der Waals surface area contributed by atoms with Gasteiger partial charge in [0.2, 0.25) is 11.8 Å². The van der Waals surface area contributed by atoms with Crippen LogP contribution in [0.15, 0.2) is 51.0 Å². The van der Waals surface area contributed by atoms with Crippen LogP contribution in [0.4, 0.5) is 5.69 Å². The summed E-state index contributed by atoms with van der Waals surface area (Å²) in [6.45, 7) is 1.28. The standard InChI is InChI=1S/C20H20N4O4S/c25-17(9-11-24-20(27)28-19(22-24)16-3-2-12-29-16)21-13-14-5-7-15(8-6-14)23-10-1-4-18(23)26/h2-3,5-8,12H,1,4,9-11,13H2,(H,21,25). The fourth-order valence-corrected chi connectivity index (χ4v) is 3.80. The largest absolute Gasteiger partial charge is 0.437 e. The topological polar surface area (TPSA) is 97.4 Å². The Morgan fingerprint density at radius 1 is 1.21 bits per heavy atom. The van der Waals surface area contributed by atoms with Crippen LogP contribution in [0.1, 0.15) is 24.8 Å². The number of anilines is 1. The molecule has 150 valence electrons. The molecule has 9 heteroatoms. The predicted octanol–water partition coefficient (Wildman–Crippen LogP) is 2.40. The lowest BCUT2D eigenvalue weighted by molar-refractivity contribution is -0.121. The van der Waals surface area contributed by atoms with Crippen molar-refractivity contribution in [2.45, 2.75) is 32.4 Å². The van der Waals surface area contributed by atoms with Gasteiger partial charge in [0.25, 0.3) is 5.89 Å². The number of benzene rings is 1. The molecule has 0 radical (unpaired) electrons. The Morgan fingerprint density at radius 3 is 2.72 bits per heavy atom. The number of rotatable bonds is 7. The minimum atomic E-state index is -0.576. The summed E-state index contributed by atoms with van der Waals surface area (Å²) in [6.07, 6.45) is 1.61. The molecular formula is C20H20N4O4S. The Bertz CT molecular complexity index is 1050. The molecule has 2 aromatic heterocycles. The van der Waals surface area contributed by atoms with E-state index in [0.29, 0.717) is 13.0 Å². The Hall–Kier alpha value is -3.20. The van der Waals surface area contributed by atoms with E-state index >= 15 is 0 Å². The Kier molecular flexibility index (Phi) is 5.57. The molecule has 1 saturated heterocycles. The van der Waals surface area contributed by atoms with Crippen molar-refractivity contribution in [3.05, 3.63) is 57.9 Å². The summed E-state index contributed by atoms with van der Waals surface area (Å²) in [5.41, 5.74) is 1.82. The minimum absolute atomic E-state index is 0.122. The van der Waals surface area contributed by atoms with E-state index in [2.05, 4.69) is 10.4 Å². The molecular weight excluding hydrogens is 392 g/mol. The highest BCUT2D eigenvalue weighted by Crippen LogP contribution is 2.22. The zero-order chi connectivity index (χ0) is 20.2. The van der Waals surface area contributed by atoms with Crippen molar-refractivity contribution in [1.82, 2.24) is 15.1 Å². The fraction of sp³-hybridized carbons (Fsp3) is 0.300. The molecule has 1 fully saturated rings. The molecule has 1 N–H and O–H groups in total. The van der Waals surface area contributed by atoms with Crippen LogP contribution < -0.4 is 16.0 Å². The smallest absolute Gasteiger partial charge is 0.387 e. The molecule has 0 unspecified atom stereocenters. The lowest BCUT2D eigenvalue weighted by Gasteiger charge is -2.16. The normalized spacial score (nSPS) is 13.8. The third-order valence-electron chi connectivity index (χ3n) is 4.70. The number of nitrogens with one attached hydrogen (secondary N) is 1. The molecule has 3 aromatic rings. The molecule has 4 rings (SSSR count). The van der Waals surface area contributed by atoms with Crippen molar-refractivity contribution in [1.29, 1.82) is 0 Å². The number of hydrogen-bond donors (Lipinski definition) is 1. The van der Waals surface area contributed by atoms with E-state index in [9.17, 15) is 14.4 Å². The second-order valence-electron chi connectivity index (χ2n) is 6.72. The molecule has 0 saturated carbocycles. The van der Waals surface area contributed by atoms with Crippen LogP contribution in [-0.2, 0) is 22.7 Å². The predicted molar refractivity (Wildman–Crippen MR) is 109 cm³/mol. The first-order chi connectivity index (χ1) is 14.1. The molecule has 29 heavy (non-hydrogen) atoms. The number of thiophene rings is 1. The van der Waals surface area contributed by atoms with E-state index < -0.39 is 5.76 Å². The Labute approximate surface area is 170 Å². The van der Waals surface area contributed by atoms with Gasteiger partial charge in [0.05, 0.1) is 11.4 Å². The van der Waals surface area contributed by atoms with Gasteiger partial charge < -0.3 is 14.6 Å². The Morgan fingerprint density at radius 2 is 2.03 bits per heavy atom. The van der Waals surface area contributed by atoms with Crippen LogP contribution >= 0.6 is 11.3 Å². The van der Waals surface area contributed by atoms with Gasteiger partial charge in [-0.15, -0.1) is 16.4 Å². The molecule has 1 aliphatic heterocycles. The first-order valence-electron chi connectivity index (χ1n) is 9.38. The number of nitrogens with zero attached hydrogens (tertiary/aromatic N) is 3. The van der Waals surface area contributed by atoms with Crippen molar-refractivity contribution in [2.24, 2.45) is 0 Å². The second-order valence-corrected chi connectivity index (χ2v) is 7.66. The van der Waals surface area contributed by atoms with Crippen LogP contribution in [0, 0.1) is 0 Å². The first kappa shape index (κ1) is 19.1. The third kappa shape index (κ3) is 4.45. The van der Waals surface area contributed by atoms with Gasteiger partial charge >= 0.3 is 5.76 Å². The summed E-state index contributed by atoms with van der Waals surface area (Å²) in [5, 5.41) is 8.83. The molecule has 1 aliphatic rings. The van der Waals surface area contributed by atoms with Crippen LogP contribution in [0.25, 0.3) is 10.8 Å². The van der Waals surface area contributed by atoms with E-state index in [4.69, 9.17) is 4.42 Å². The molecule has 8 nitrogen and oxygen atoms in total. The lowest BCUT2D eigenvalue weighted by Crippen LogP contribution is -2.26. The molecule has 0 bridgehead atoms. The third-order valence-corrected chi connectivity index (χ3v) is 5.56. The summed E-state index contributed by atoms with van der Waals surface area (Å²) < 4.78 is 6.29. The average Bonchev–Trinajstić information content (AvgIpc) is 3.46. The minimum Gasteiger partial charge on any atom is -0.387 e. The number of hydrogen-bond acceptors (Lipinski definition) is 6. The number of aryl methyl sites for hydroxylation is 1. The highest BCUT2D eigenvalue weighted by atomic mass is 32.1. The fourth-order valence-electron chi connectivity index (χ4n) is 3.16. The van der Waals surface area contributed by atoms with Crippen molar-refractivity contribution in [3.8, 4) is 10.8 Å². The summed E-state index contributed by atoms with van der Waals surface area (Å²) in [6, 6.07) is 11.3. The molecule has 2 amide bonds. The van der Waals surface area contributed by atoms with E-state index in [0.717, 1.165) is 33.8 Å². The quantitative estimate of drug-likeness (QED) is 0.643. The summed E-state index contributed by atoms with van der Waals surface area (Å²) in [4.78, 5) is 38.3. The number of amides is 2. The summed E-state index contributed by atoms with van der Waals surface area (Å²) in [5.74, 6) is -0.344. The zero-order valence-electron chi connectivity index (χ0n) is 15.7. The van der Waals surface area contributed by atoms with Gasteiger partial charge in [-0.3, -0.25) is 9.59 Å². The van der Waals surface area contributed by atoms with Crippen molar-refractivity contribution < 1.29 is 14.0 Å². The maximum atomic E-state index is 12.1. The van der Waals surface area contributed by atoms with E-state index in [-0.39, 0.29) is 30.7 Å². The van der Waals surface area contributed by atoms with Crippen LogP contribution in [-0.4, -0.2) is 28.1 Å². The average molecular weight is 412 g/mol. The van der Waals surface area contributed by atoms with E-state index in [1.54, 1.807) is 4.90 Å². The van der Waals surface area contributed by atoms with Gasteiger partial charge in [0.1, 0.15) is 0 Å². The zero-order valence-corrected chi connectivity index (χ0v) is 16.5. The van der Waals surface area contributed by atoms with Crippen LogP contribution in [0.3, 0.4) is 0 Å². The van der Waals surface area contributed by atoms with E-state index in [1.165, 1.54) is 11.3 Å². The van der Waals surface area contributed by atoms with Gasteiger partial charge in [0, 0.05) is 31.6 Å². The maximum Gasteiger partial charge on any atom is 0.437 e. The van der Waals surface area contributed by atoms with Crippen molar-refractivity contribution in [2.75, 3.05) is 11.4 Å². The molecule has 0 spiro atoms. The van der Waals surface area contributed by atoms with Crippen LogP contribution in [0.5, 0.6) is 0 Å². The molecule has 3 heterocycles. The number of carbonyl (C=O) groups is 2. The molecule has 0 aliphatic carbocycles. The van der Waals surface area contributed by atoms with Gasteiger partial charge in [-0.25, -0.2) is 4.79 Å². The number of aromatic nitrogens is 2. The maximum absolute atomic E-state index is 12.1. The lowest BCUT2D eigenvalue weighted by atomic mass is 10.2. The van der Waals surface area contributed by atoms with Crippen molar-refractivity contribution in [3.63, 3.8) is 0 Å².